The summed E-state index contributed by atoms with van der Waals surface area (Å²) in [6.07, 6.45) is 7.96. The minimum absolute atomic E-state index is 0.716. The van der Waals surface area contributed by atoms with Crippen molar-refractivity contribution in [2.75, 3.05) is 13.1 Å². The van der Waals surface area contributed by atoms with Gasteiger partial charge >= 0.3 is 0 Å². The van der Waals surface area contributed by atoms with Crippen molar-refractivity contribution in [3.8, 4) is 0 Å². The van der Waals surface area contributed by atoms with Crippen LogP contribution in [0.2, 0.25) is 0 Å². The standard InChI is InChI=1S/C12H20N4/c1-15-7-5-13-12(15)9-16-6-4-11(8-16)14-10-2-3-10/h5,7,10-11,14H,2-4,6,8-9H2,1H3. The second kappa shape index (κ2) is 4.18. The number of nitrogens with zero attached hydrogens (tertiary/aromatic N) is 3. The average Bonchev–Trinajstić information content (AvgIpc) is 2.82. The highest BCUT2D eigenvalue weighted by Crippen LogP contribution is 2.22. The Balaban J connectivity index is 1.51. The first-order chi connectivity index (χ1) is 7.81. The number of aryl methyl sites for hydroxylation is 1. The van der Waals surface area contributed by atoms with Gasteiger partial charge in [0, 0.05) is 44.6 Å². The first kappa shape index (κ1) is 10.3. The smallest absolute Gasteiger partial charge is 0.122 e. The highest BCUT2D eigenvalue weighted by Gasteiger charge is 2.29. The van der Waals surface area contributed by atoms with Gasteiger partial charge < -0.3 is 9.88 Å². The van der Waals surface area contributed by atoms with Gasteiger partial charge in [-0.1, -0.05) is 0 Å². The van der Waals surface area contributed by atoms with Gasteiger partial charge in [0.1, 0.15) is 5.82 Å². The number of imidazole rings is 1. The van der Waals surface area contributed by atoms with Crippen LogP contribution in [0.3, 0.4) is 0 Å². The molecule has 88 valence electrons. The van der Waals surface area contributed by atoms with E-state index in [4.69, 9.17) is 0 Å². The highest BCUT2D eigenvalue weighted by atomic mass is 15.2. The molecule has 4 heteroatoms. The molecule has 1 aliphatic heterocycles. The van der Waals surface area contributed by atoms with Crippen LogP contribution in [0.4, 0.5) is 0 Å². The fraction of sp³-hybridized carbons (Fsp3) is 0.750. The van der Waals surface area contributed by atoms with E-state index in [2.05, 4.69) is 26.8 Å². The van der Waals surface area contributed by atoms with E-state index in [1.54, 1.807) is 0 Å². The van der Waals surface area contributed by atoms with Gasteiger partial charge in [-0.3, -0.25) is 4.90 Å². The van der Waals surface area contributed by atoms with Crippen LogP contribution < -0.4 is 5.32 Å². The van der Waals surface area contributed by atoms with E-state index in [0.29, 0.717) is 6.04 Å². The number of aromatic nitrogens is 2. The molecule has 0 radical (unpaired) electrons. The second-order valence-electron chi connectivity index (χ2n) is 5.12. The summed E-state index contributed by atoms with van der Waals surface area (Å²) < 4.78 is 2.11. The van der Waals surface area contributed by atoms with Crippen molar-refractivity contribution in [2.24, 2.45) is 7.05 Å². The third-order valence-corrected chi connectivity index (χ3v) is 3.61. The topological polar surface area (TPSA) is 33.1 Å². The lowest BCUT2D eigenvalue weighted by atomic mass is 10.2. The molecule has 0 amide bonds. The molecule has 1 aromatic rings. The van der Waals surface area contributed by atoms with Crippen molar-refractivity contribution in [3.05, 3.63) is 18.2 Å². The molecule has 1 aliphatic carbocycles. The molecule has 1 saturated heterocycles. The maximum Gasteiger partial charge on any atom is 0.122 e. The van der Waals surface area contributed by atoms with E-state index in [9.17, 15) is 0 Å². The Kier molecular flexibility index (Phi) is 2.69. The van der Waals surface area contributed by atoms with Crippen LogP contribution in [-0.4, -0.2) is 39.6 Å². The van der Waals surface area contributed by atoms with Crippen LogP contribution in [0.1, 0.15) is 25.1 Å². The Morgan fingerprint density at radius 1 is 1.38 bits per heavy atom. The van der Waals surface area contributed by atoms with Crippen molar-refractivity contribution >= 4 is 0 Å². The molecule has 2 fully saturated rings. The maximum absolute atomic E-state index is 4.38. The molecule has 2 heterocycles. The largest absolute Gasteiger partial charge is 0.337 e. The number of likely N-dealkylation sites (tertiary alicyclic amines) is 1. The second-order valence-corrected chi connectivity index (χ2v) is 5.12. The maximum atomic E-state index is 4.38. The van der Waals surface area contributed by atoms with Crippen molar-refractivity contribution in [1.29, 1.82) is 0 Å². The van der Waals surface area contributed by atoms with Crippen LogP contribution in [0, 0.1) is 0 Å². The zero-order valence-corrected chi connectivity index (χ0v) is 9.89. The third-order valence-electron chi connectivity index (χ3n) is 3.61. The van der Waals surface area contributed by atoms with E-state index in [1.165, 1.54) is 38.2 Å². The van der Waals surface area contributed by atoms with Gasteiger partial charge in [0.05, 0.1) is 6.54 Å². The number of rotatable bonds is 4. The van der Waals surface area contributed by atoms with Gasteiger partial charge in [-0.25, -0.2) is 4.98 Å². The van der Waals surface area contributed by atoms with Gasteiger partial charge in [-0.15, -0.1) is 0 Å². The molecule has 1 saturated carbocycles. The molecule has 4 nitrogen and oxygen atoms in total. The molecular formula is C12H20N4. The van der Waals surface area contributed by atoms with Crippen molar-refractivity contribution < 1.29 is 0 Å². The summed E-state index contributed by atoms with van der Waals surface area (Å²) in [5, 5.41) is 3.71. The van der Waals surface area contributed by atoms with E-state index in [0.717, 1.165) is 12.6 Å². The summed E-state index contributed by atoms with van der Waals surface area (Å²) in [7, 11) is 2.07. The summed E-state index contributed by atoms with van der Waals surface area (Å²) in [5.74, 6) is 1.17. The Morgan fingerprint density at radius 3 is 2.94 bits per heavy atom. The molecule has 3 rings (SSSR count). The molecule has 2 aliphatic rings. The van der Waals surface area contributed by atoms with Crippen molar-refractivity contribution in [1.82, 2.24) is 19.8 Å². The Labute approximate surface area is 96.7 Å². The van der Waals surface area contributed by atoms with Crippen molar-refractivity contribution in [3.63, 3.8) is 0 Å². The lowest BCUT2D eigenvalue weighted by molar-refractivity contribution is 0.308. The zero-order chi connectivity index (χ0) is 11.0. The SMILES string of the molecule is Cn1ccnc1CN1CCC(NC2CC2)C1. The molecule has 0 aromatic carbocycles. The summed E-state index contributed by atoms with van der Waals surface area (Å²) in [6, 6.07) is 1.55. The van der Waals surface area contributed by atoms with Gasteiger partial charge in [0.15, 0.2) is 0 Å². The van der Waals surface area contributed by atoms with Gasteiger partial charge in [0.25, 0.3) is 0 Å². The monoisotopic (exact) mass is 220 g/mol. The molecule has 1 N–H and O–H groups in total. The van der Waals surface area contributed by atoms with Crippen LogP contribution in [0.25, 0.3) is 0 Å². The minimum Gasteiger partial charge on any atom is -0.337 e. The Bertz CT molecular complexity index is 356. The quantitative estimate of drug-likeness (QED) is 0.812. The highest BCUT2D eigenvalue weighted by molar-refractivity contribution is 4.94. The molecular weight excluding hydrogens is 200 g/mol. The lowest BCUT2D eigenvalue weighted by Gasteiger charge is -2.16. The Morgan fingerprint density at radius 2 is 2.25 bits per heavy atom. The van der Waals surface area contributed by atoms with Crippen LogP contribution in [-0.2, 0) is 13.6 Å². The molecule has 1 aromatic heterocycles. The van der Waals surface area contributed by atoms with Gasteiger partial charge in [-0.2, -0.15) is 0 Å². The average molecular weight is 220 g/mol. The third kappa shape index (κ3) is 2.28. The predicted molar refractivity (Wildman–Crippen MR) is 63.0 cm³/mol. The minimum atomic E-state index is 0.716. The van der Waals surface area contributed by atoms with Crippen LogP contribution in [0.15, 0.2) is 12.4 Å². The van der Waals surface area contributed by atoms with Gasteiger partial charge in [-0.05, 0) is 19.3 Å². The van der Waals surface area contributed by atoms with E-state index in [1.807, 2.05) is 12.4 Å². The Hall–Kier alpha value is -0.870. The van der Waals surface area contributed by atoms with Gasteiger partial charge in [0.2, 0.25) is 0 Å². The fourth-order valence-electron chi connectivity index (χ4n) is 2.44. The van der Waals surface area contributed by atoms with E-state index < -0.39 is 0 Å². The molecule has 16 heavy (non-hydrogen) atoms. The molecule has 1 atom stereocenters. The van der Waals surface area contributed by atoms with E-state index in [-0.39, 0.29) is 0 Å². The summed E-state index contributed by atoms with van der Waals surface area (Å²) in [6.45, 7) is 3.38. The molecule has 1 unspecified atom stereocenters. The van der Waals surface area contributed by atoms with Crippen LogP contribution in [0.5, 0.6) is 0 Å². The summed E-state index contributed by atoms with van der Waals surface area (Å²) >= 11 is 0. The first-order valence-electron chi connectivity index (χ1n) is 6.26. The first-order valence-corrected chi connectivity index (χ1v) is 6.26. The summed E-state index contributed by atoms with van der Waals surface area (Å²) in [5.41, 5.74) is 0. The number of hydrogen-bond acceptors (Lipinski definition) is 3. The normalized spacial score (nSPS) is 26.4. The molecule has 0 bridgehead atoms. The van der Waals surface area contributed by atoms with E-state index >= 15 is 0 Å². The zero-order valence-electron chi connectivity index (χ0n) is 9.89. The predicted octanol–water partition coefficient (Wildman–Crippen LogP) is 0.746. The van der Waals surface area contributed by atoms with Crippen molar-refractivity contribution in [2.45, 2.75) is 37.9 Å². The fourth-order valence-corrected chi connectivity index (χ4v) is 2.44. The lowest BCUT2D eigenvalue weighted by Crippen LogP contribution is -2.34. The van der Waals surface area contributed by atoms with Crippen LogP contribution >= 0.6 is 0 Å². The summed E-state index contributed by atoms with van der Waals surface area (Å²) in [4.78, 5) is 6.88. The molecule has 0 spiro atoms. The number of nitrogens with one attached hydrogen (secondary N) is 1. The number of hydrogen-bond donors (Lipinski definition) is 1.